The van der Waals surface area contributed by atoms with Crippen LogP contribution in [0.4, 0.5) is 11.9 Å². The van der Waals surface area contributed by atoms with Gasteiger partial charge in [-0.3, -0.25) is 37.8 Å². The number of nitrogens with one attached hydrogen (secondary N) is 4. The van der Waals surface area contributed by atoms with Gasteiger partial charge in [-0.15, -0.1) is 0 Å². The molecule has 7 rings (SSSR count). The van der Waals surface area contributed by atoms with E-state index in [9.17, 15) is 18.7 Å². The summed E-state index contributed by atoms with van der Waals surface area (Å²) in [5.74, 6) is -0.280. The number of nitrogens with zero attached hydrogens (tertiary/aromatic N) is 6. The molecule has 0 aliphatic carbocycles. The second-order valence-electron chi connectivity index (χ2n) is 18.3. The van der Waals surface area contributed by atoms with Crippen LogP contribution < -0.4 is 32.8 Å². The number of aromatic amines is 2. The molecule has 22 nitrogen and oxygen atoms in total. The number of rotatable bonds is 6. The summed E-state index contributed by atoms with van der Waals surface area (Å²) in [5, 5.41) is 5.52. The van der Waals surface area contributed by atoms with E-state index < -0.39 is 90.2 Å². The molecule has 60 heavy (non-hydrogen) atoms. The van der Waals surface area contributed by atoms with E-state index in [1.807, 2.05) is 26.2 Å². The maximum absolute atomic E-state index is 14.6. The van der Waals surface area contributed by atoms with E-state index in [2.05, 4.69) is 106 Å². The largest absolute Gasteiger partial charge is 0.408 e. The molecular formula is C32H54N12O10P2S2Si2. The third-order valence-corrected chi connectivity index (χ3v) is 24.7. The number of ether oxygens (including phenoxy) is 2. The lowest BCUT2D eigenvalue weighted by Crippen LogP contribution is -2.53. The normalized spacial score (nSPS) is 32.5. The zero-order valence-electron chi connectivity index (χ0n) is 34.9. The molecule has 3 saturated heterocycles. The standard InChI is InChI=1S/C32H54N12O10P2S2Si2/c1-31(2,3)59(7,8)53-21-17-15(51-27(21)43-13-35-19-23(43)37-29(33)39-25(19)45)11-49-56(48,58)42-18-16(12-50-55(47,57)41-17)52-28(22(18)54-60(9,10)32(4,5)6)44-14-36-20-24(44)38-30(34)40-26(20)46/h13-18,21-22,27-28H,11-12H2,1-10H3,(H2,41,47,57)(H2,42,48,58)(H3,33,37,39,45)(H3,34,38,40,46)/t15-,16-,17-,18-,21?,22?,27-,28-,55?,56?/m1/s1. The van der Waals surface area contributed by atoms with Gasteiger partial charge in [-0.1, -0.05) is 66.0 Å². The SMILES string of the molecule is CC(C)(C)[Si](C)(C)OC1[C@H](n2cnc3c(=O)[nH]c(N)nc32)O[C@@H]2COP(=O)(S)N[C@H]3C(O[Si](C)(C)C(C)(C)C)[C@H](n4cnc5c(=O)[nH]c(N)nc54)O[C@@H]3COP(=O)(S)N[C@@H]12. The van der Waals surface area contributed by atoms with Crippen molar-refractivity contribution in [3.05, 3.63) is 33.4 Å². The van der Waals surface area contributed by atoms with Gasteiger partial charge in [0.1, 0.15) is 24.4 Å². The zero-order valence-corrected chi connectivity index (χ0v) is 40.5. The Kier molecular flexibility index (Phi) is 11.9. The molecule has 28 heteroatoms. The number of aromatic nitrogens is 8. The molecule has 4 aromatic heterocycles. The van der Waals surface area contributed by atoms with Gasteiger partial charge in [0.2, 0.25) is 11.9 Å². The summed E-state index contributed by atoms with van der Waals surface area (Å²) in [6, 6.07) is -1.96. The number of anilines is 2. The Morgan fingerprint density at radius 1 is 0.717 bits per heavy atom. The molecule has 8 N–H and O–H groups in total. The Morgan fingerprint density at radius 2 is 1.07 bits per heavy atom. The van der Waals surface area contributed by atoms with E-state index >= 15 is 0 Å². The summed E-state index contributed by atoms with van der Waals surface area (Å²) in [6.07, 6.45) is -3.26. The van der Waals surface area contributed by atoms with Gasteiger partial charge in [0.05, 0.1) is 38.0 Å². The van der Waals surface area contributed by atoms with Crippen molar-refractivity contribution in [3.63, 3.8) is 0 Å². The Bertz CT molecular complexity index is 2340. The second-order valence-corrected chi connectivity index (χ2v) is 34.1. The van der Waals surface area contributed by atoms with Crippen molar-refractivity contribution in [2.75, 3.05) is 24.7 Å². The molecular weight excluding hydrogens is 895 g/mol. The van der Waals surface area contributed by atoms with Gasteiger partial charge in [-0.25, -0.2) is 20.1 Å². The highest BCUT2D eigenvalue weighted by Gasteiger charge is 2.56. The van der Waals surface area contributed by atoms with Crippen LogP contribution in [-0.2, 0) is 36.5 Å². The van der Waals surface area contributed by atoms with Crippen LogP contribution in [0.25, 0.3) is 22.3 Å². The summed E-state index contributed by atoms with van der Waals surface area (Å²) in [6.45, 7) is 11.6. The van der Waals surface area contributed by atoms with Crippen LogP contribution in [-0.4, -0.2) is 105 Å². The van der Waals surface area contributed by atoms with Gasteiger partial charge in [-0.05, 0) is 36.3 Å². The summed E-state index contributed by atoms with van der Waals surface area (Å²) >= 11 is 9.09. The van der Waals surface area contributed by atoms with Crippen molar-refractivity contribution in [1.29, 1.82) is 0 Å². The first kappa shape index (κ1) is 45.6. The summed E-state index contributed by atoms with van der Waals surface area (Å²) < 4.78 is 71.8. The van der Waals surface area contributed by atoms with Crippen LogP contribution in [0.1, 0.15) is 54.0 Å². The lowest BCUT2D eigenvalue weighted by Gasteiger charge is -2.41. The fourth-order valence-electron chi connectivity index (χ4n) is 6.86. The molecule has 10 atom stereocenters. The monoisotopic (exact) mass is 948 g/mol. The lowest BCUT2D eigenvalue weighted by atomic mass is 10.1. The fraction of sp³-hybridized carbons (Fsp3) is 0.688. The highest BCUT2D eigenvalue weighted by Crippen LogP contribution is 2.56. The van der Waals surface area contributed by atoms with E-state index in [0.29, 0.717) is 0 Å². The van der Waals surface area contributed by atoms with Gasteiger partial charge < -0.3 is 38.8 Å². The minimum atomic E-state index is -4.11. The molecule has 0 radical (unpaired) electrons. The van der Waals surface area contributed by atoms with E-state index in [1.165, 1.54) is 21.8 Å². The molecule has 0 bridgehead atoms. The van der Waals surface area contributed by atoms with Gasteiger partial charge >= 0.3 is 13.4 Å². The summed E-state index contributed by atoms with van der Waals surface area (Å²) in [4.78, 5) is 47.8. The number of fused-ring (bicyclic) bond motifs is 4. The third-order valence-electron chi connectivity index (χ3n) is 12.1. The van der Waals surface area contributed by atoms with Crippen LogP contribution in [0, 0.1) is 0 Å². The number of nitrogens with two attached hydrogens (primary N) is 2. The molecule has 332 valence electrons. The average Bonchev–Trinajstić information content (AvgIpc) is 3.86. The maximum atomic E-state index is 14.6. The number of thiol groups is 2. The average molecular weight is 949 g/mol. The van der Waals surface area contributed by atoms with Gasteiger partial charge in [-0.2, -0.15) is 9.97 Å². The predicted molar refractivity (Wildman–Crippen MR) is 236 cm³/mol. The third kappa shape index (κ3) is 8.75. The van der Waals surface area contributed by atoms with Crippen molar-refractivity contribution in [2.24, 2.45) is 0 Å². The quantitative estimate of drug-likeness (QED) is 0.0769. The van der Waals surface area contributed by atoms with Crippen LogP contribution in [0.2, 0.25) is 36.3 Å². The Morgan fingerprint density at radius 3 is 1.40 bits per heavy atom. The van der Waals surface area contributed by atoms with Gasteiger partial charge in [0.25, 0.3) is 11.1 Å². The van der Waals surface area contributed by atoms with Crippen molar-refractivity contribution >= 4 is 88.8 Å². The number of H-pyrrole nitrogens is 2. The Balaban J connectivity index is 1.29. The van der Waals surface area contributed by atoms with E-state index in [1.54, 1.807) is 0 Å². The number of nitrogen functional groups attached to an aromatic ring is 2. The highest BCUT2D eigenvalue weighted by atomic mass is 32.7. The van der Waals surface area contributed by atoms with Gasteiger partial charge in [0, 0.05) is 0 Å². The number of hydrogen-bond acceptors (Lipinski definition) is 16. The maximum Gasteiger partial charge on any atom is 0.324 e. The van der Waals surface area contributed by atoms with Crippen LogP contribution in [0.15, 0.2) is 22.2 Å². The minimum absolute atomic E-state index is 0.00953. The lowest BCUT2D eigenvalue weighted by molar-refractivity contribution is -0.0439. The van der Waals surface area contributed by atoms with Crippen LogP contribution in [0.3, 0.4) is 0 Å². The van der Waals surface area contributed by atoms with Crippen molar-refractivity contribution < 1.29 is 36.5 Å². The van der Waals surface area contributed by atoms with E-state index in [4.69, 9.17) is 38.8 Å². The zero-order chi connectivity index (χ0) is 44.1. The van der Waals surface area contributed by atoms with E-state index in [-0.39, 0.29) is 57.5 Å². The Hall–Kier alpha value is -2.43. The molecule has 4 unspecified atom stereocenters. The number of hydrogen-bond donors (Lipinski definition) is 8. The first-order chi connectivity index (χ1) is 27.6. The molecule has 0 amide bonds. The molecule has 0 spiro atoms. The molecule has 3 fully saturated rings. The van der Waals surface area contributed by atoms with Gasteiger partial charge in [0.15, 0.2) is 51.4 Å². The predicted octanol–water partition coefficient (Wildman–Crippen LogP) is 4.03. The molecule has 3 aliphatic heterocycles. The topological polar surface area (TPSA) is 293 Å². The first-order valence-electron chi connectivity index (χ1n) is 19.2. The molecule has 0 saturated carbocycles. The Labute approximate surface area is 357 Å². The first-order valence-corrected chi connectivity index (χ1v) is 30.6. The van der Waals surface area contributed by atoms with Crippen LogP contribution >= 0.6 is 37.9 Å². The summed E-state index contributed by atoms with van der Waals surface area (Å²) in [5.41, 5.74) is 11.1. The fourth-order valence-corrected chi connectivity index (χ4v) is 12.9. The van der Waals surface area contributed by atoms with Crippen molar-refractivity contribution in [1.82, 2.24) is 49.2 Å². The highest BCUT2D eigenvalue weighted by molar-refractivity contribution is 8.45. The van der Waals surface area contributed by atoms with Crippen molar-refractivity contribution in [3.8, 4) is 0 Å². The molecule has 0 aromatic carbocycles. The number of imidazole rings is 2. The minimum Gasteiger partial charge on any atom is -0.408 e. The second kappa shape index (κ2) is 15.7. The van der Waals surface area contributed by atoms with E-state index in [0.717, 1.165) is 0 Å². The van der Waals surface area contributed by atoms with Crippen molar-refractivity contribution in [2.45, 2.75) is 127 Å². The molecule has 3 aliphatic rings. The molecule has 4 aromatic rings. The molecule has 7 heterocycles. The van der Waals surface area contributed by atoms with Crippen LogP contribution in [0.5, 0.6) is 0 Å². The summed E-state index contributed by atoms with van der Waals surface area (Å²) in [7, 11) is -5.34. The smallest absolute Gasteiger partial charge is 0.324 e.